The van der Waals surface area contributed by atoms with Crippen LogP contribution < -0.4 is 5.73 Å². The van der Waals surface area contributed by atoms with Crippen LogP contribution in [0.4, 0.5) is 0 Å². The van der Waals surface area contributed by atoms with Crippen molar-refractivity contribution in [3.63, 3.8) is 0 Å². The molecule has 1 heterocycles. The molecule has 0 radical (unpaired) electrons. The maximum Gasteiger partial charge on any atom is 0.246 e. The third kappa shape index (κ3) is 4.15. The number of pyridine rings is 1. The summed E-state index contributed by atoms with van der Waals surface area (Å²) in [5.74, 6) is -0.672. The molecule has 6 nitrogen and oxygen atoms in total. The van der Waals surface area contributed by atoms with Crippen molar-refractivity contribution in [3.05, 3.63) is 23.5 Å². The fourth-order valence-electron chi connectivity index (χ4n) is 1.52. The molecule has 0 aliphatic carbocycles. The van der Waals surface area contributed by atoms with Gasteiger partial charge in [-0.1, -0.05) is 25.4 Å². The lowest BCUT2D eigenvalue weighted by Crippen LogP contribution is -2.40. The molecule has 1 aromatic heterocycles. The number of hydrogen-bond donors (Lipinski definition) is 1. The fourth-order valence-corrected chi connectivity index (χ4v) is 3.50. The first kappa shape index (κ1) is 15.9. The van der Waals surface area contributed by atoms with Gasteiger partial charge in [-0.2, -0.15) is 4.31 Å². The number of carbonyl (C=O) groups is 1. The third-order valence-corrected chi connectivity index (χ3v) is 4.53. The molecule has 0 saturated heterocycles. The summed E-state index contributed by atoms with van der Waals surface area (Å²) in [6.45, 7) is 3.48. The van der Waals surface area contributed by atoms with Crippen LogP contribution >= 0.6 is 11.6 Å². The van der Waals surface area contributed by atoms with Crippen molar-refractivity contribution < 1.29 is 13.2 Å². The van der Waals surface area contributed by atoms with Crippen LogP contribution in [0.2, 0.25) is 5.02 Å². The first-order chi connectivity index (χ1) is 8.75. The number of nitrogens with zero attached hydrogens (tertiary/aromatic N) is 2. The summed E-state index contributed by atoms with van der Waals surface area (Å²) >= 11 is 5.86. The normalized spacial score (nSPS) is 12.1. The van der Waals surface area contributed by atoms with Crippen LogP contribution in [-0.2, 0) is 14.8 Å². The molecular weight excluding hydrogens is 290 g/mol. The molecular formula is C11H16ClN3O3S. The predicted octanol–water partition coefficient (Wildman–Crippen LogP) is 0.867. The Morgan fingerprint density at radius 1 is 1.53 bits per heavy atom. The number of hydrogen-bond acceptors (Lipinski definition) is 4. The molecule has 0 unspecified atom stereocenters. The highest BCUT2D eigenvalue weighted by molar-refractivity contribution is 7.89. The summed E-state index contributed by atoms with van der Waals surface area (Å²) in [4.78, 5) is 14.6. The van der Waals surface area contributed by atoms with E-state index in [1.807, 2.05) is 13.8 Å². The van der Waals surface area contributed by atoms with E-state index in [0.29, 0.717) is 0 Å². The lowest BCUT2D eigenvalue weighted by molar-refractivity contribution is -0.118. The van der Waals surface area contributed by atoms with Crippen LogP contribution in [0.5, 0.6) is 0 Å². The first-order valence-electron chi connectivity index (χ1n) is 5.63. The maximum atomic E-state index is 12.4. The van der Waals surface area contributed by atoms with E-state index in [2.05, 4.69) is 4.98 Å². The molecule has 0 aliphatic heterocycles. The SMILES string of the molecule is CC(C)CN(CC(N)=O)S(=O)(=O)c1cnccc1Cl. The Hall–Kier alpha value is -1.18. The number of sulfonamides is 1. The first-order valence-corrected chi connectivity index (χ1v) is 7.45. The minimum Gasteiger partial charge on any atom is -0.369 e. The van der Waals surface area contributed by atoms with E-state index in [4.69, 9.17) is 17.3 Å². The number of halogens is 1. The largest absolute Gasteiger partial charge is 0.369 e. The van der Waals surface area contributed by atoms with Crippen molar-refractivity contribution in [1.29, 1.82) is 0 Å². The Morgan fingerprint density at radius 2 is 2.16 bits per heavy atom. The van der Waals surface area contributed by atoms with E-state index in [1.165, 1.54) is 12.3 Å². The van der Waals surface area contributed by atoms with E-state index in [9.17, 15) is 13.2 Å². The minimum absolute atomic E-state index is 0.0459. The standard InChI is InChI=1S/C11H16ClN3O3S/c1-8(2)6-15(7-11(13)16)19(17,18)10-5-14-4-3-9(10)12/h3-5,8H,6-7H2,1-2H3,(H2,13,16). The van der Waals surface area contributed by atoms with E-state index >= 15 is 0 Å². The molecule has 0 spiro atoms. The van der Waals surface area contributed by atoms with Gasteiger partial charge in [0.1, 0.15) is 4.90 Å². The fraction of sp³-hybridized carbons (Fsp3) is 0.455. The number of aromatic nitrogens is 1. The lowest BCUT2D eigenvalue weighted by Gasteiger charge is -2.22. The summed E-state index contributed by atoms with van der Waals surface area (Å²) in [6, 6.07) is 1.38. The number of rotatable bonds is 6. The Kier molecular flexibility index (Phi) is 5.28. The van der Waals surface area contributed by atoms with Crippen molar-refractivity contribution in [3.8, 4) is 0 Å². The van der Waals surface area contributed by atoms with E-state index in [1.54, 1.807) is 0 Å². The van der Waals surface area contributed by atoms with Crippen LogP contribution in [0.3, 0.4) is 0 Å². The third-order valence-electron chi connectivity index (χ3n) is 2.25. The highest BCUT2D eigenvalue weighted by Gasteiger charge is 2.28. The van der Waals surface area contributed by atoms with Crippen LogP contribution in [-0.4, -0.2) is 36.7 Å². The quantitative estimate of drug-likeness (QED) is 0.843. The van der Waals surface area contributed by atoms with Crippen LogP contribution in [0.1, 0.15) is 13.8 Å². The summed E-state index contributed by atoms with van der Waals surface area (Å²) < 4.78 is 25.9. The number of amides is 1. The molecule has 106 valence electrons. The monoisotopic (exact) mass is 305 g/mol. The second kappa shape index (κ2) is 6.31. The van der Waals surface area contributed by atoms with Crippen molar-refractivity contribution in [2.45, 2.75) is 18.7 Å². The molecule has 19 heavy (non-hydrogen) atoms. The summed E-state index contributed by atoms with van der Waals surface area (Å²) in [5.41, 5.74) is 5.09. The topological polar surface area (TPSA) is 93.4 Å². The lowest BCUT2D eigenvalue weighted by atomic mass is 10.2. The summed E-state index contributed by atoms with van der Waals surface area (Å²) in [7, 11) is -3.88. The molecule has 0 saturated carbocycles. The van der Waals surface area contributed by atoms with Gasteiger partial charge in [0.15, 0.2) is 0 Å². The average molecular weight is 306 g/mol. The van der Waals surface area contributed by atoms with Gasteiger partial charge in [-0.15, -0.1) is 0 Å². The molecule has 1 amide bonds. The van der Waals surface area contributed by atoms with Gasteiger partial charge in [0, 0.05) is 18.9 Å². The van der Waals surface area contributed by atoms with Gasteiger partial charge in [-0.3, -0.25) is 9.78 Å². The van der Waals surface area contributed by atoms with Crippen molar-refractivity contribution in [2.75, 3.05) is 13.1 Å². The van der Waals surface area contributed by atoms with Gasteiger partial charge < -0.3 is 5.73 Å². The summed E-state index contributed by atoms with van der Waals surface area (Å²) in [5, 5.41) is 0.0632. The van der Waals surface area contributed by atoms with Crippen molar-refractivity contribution in [1.82, 2.24) is 9.29 Å². The van der Waals surface area contributed by atoms with Crippen molar-refractivity contribution >= 4 is 27.5 Å². The second-order valence-corrected chi connectivity index (χ2v) is 6.78. The molecule has 0 aromatic carbocycles. The van der Waals surface area contributed by atoms with Crippen LogP contribution in [0, 0.1) is 5.92 Å². The zero-order chi connectivity index (χ0) is 14.6. The van der Waals surface area contributed by atoms with Gasteiger partial charge >= 0.3 is 0 Å². The molecule has 0 aliphatic rings. The molecule has 1 aromatic rings. The Labute approximate surface area is 117 Å². The Morgan fingerprint density at radius 3 is 2.63 bits per heavy atom. The molecule has 1 rings (SSSR count). The zero-order valence-corrected chi connectivity index (χ0v) is 12.3. The Bertz CT molecular complexity index is 560. The number of primary amides is 1. The van der Waals surface area contributed by atoms with Crippen LogP contribution in [0.15, 0.2) is 23.4 Å². The zero-order valence-electron chi connectivity index (χ0n) is 10.7. The van der Waals surface area contributed by atoms with E-state index in [-0.39, 0.29) is 28.9 Å². The number of carbonyl (C=O) groups excluding carboxylic acids is 1. The highest BCUT2D eigenvalue weighted by atomic mass is 35.5. The molecule has 0 atom stereocenters. The van der Waals surface area contributed by atoms with Gasteiger partial charge in [-0.25, -0.2) is 8.42 Å². The Balaban J connectivity index is 3.19. The minimum atomic E-state index is -3.88. The smallest absolute Gasteiger partial charge is 0.246 e. The second-order valence-electron chi connectivity index (χ2n) is 4.46. The highest BCUT2D eigenvalue weighted by Crippen LogP contribution is 2.23. The van der Waals surface area contributed by atoms with Crippen molar-refractivity contribution in [2.24, 2.45) is 11.7 Å². The molecule has 8 heteroatoms. The molecule has 0 bridgehead atoms. The summed E-state index contributed by atoms with van der Waals surface area (Å²) in [6.07, 6.45) is 2.55. The van der Waals surface area contributed by atoms with Crippen LogP contribution in [0.25, 0.3) is 0 Å². The molecule has 2 N–H and O–H groups in total. The molecule has 0 fully saturated rings. The van der Waals surface area contributed by atoms with E-state index < -0.39 is 15.9 Å². The van der Waals surface area contributed by atoms with Gasteiger partial charge in [0.25, 0.3) is 0 Å². The average Bonchev–Trinajstić information content (AvgIpc) is 2.27. The maximum absolute atomic E-state index is 12.4. The van der Waals surface area contributed by atoms with E-state index in [0.717, 1.165) is 10.5 Å². The predicted molar refractivity (Wildman–Crippen MR) is 72.0 cm³/mol. The van der Waals surface area contributed by atoms with Gasteiger partial charge in [0.05, 0.1) is 11.6 Å². The van der Waals surface area contributed by atoms with Gasteiger partial charge in [0.2, 0.25) is 15.9 Å². The number of nitrogens with two attached hydrogens (primary N) is 1. The van der Waals surface area contributed by atoms with Gasteiger partial charge in [-0.05, 0) is 12.0 Å².